The molecule has 3 fully saturated rings. The third-order valence-corrected chi connectivity index (χ3v) is 7.09. The fraction of sp³-hybridized carbons (Fsp3) is 1.00. The van der Waals surface area contributed by atoms with Gasteiger partial charge in [0.05, 0.1) is 37.9 Å². The van der Waals surface area contributed by atoms with Gasteiger partial charge in [0.1, 0.15) is 48.8 Å². The zero-order valence-corrected chi connectivity index (χ0v) is 19.7. The molecule has 0 aromatic carbocycles. The molecule has 18 nitrogen and oxygen atoms in total. The van der Waals surface area contributed by atoms with Gasteiger partial charge in [-0.05, 0) is 0 Å². The molecule has 0 saturated carbocycles. The first-order chi connectivity index (χ1) is 16.8. The highest BCUT2D eigenvalue weighted by atomic mass is 31.2. The van der Waals surface area contributed by atoms with E-state index in [1.165, 1.54) is 0 Å². The maximum absolute atomic E-state index is 12.5. The minimum Gasteiger partial charge on any atom is -0.394 e. The summed E-state index contributed by atoms with van der Waals surface area (Å²) in [6.45, 7) is -1.65. The first-order valence-corrected chi connectivity index (χ1v) is 12.5. The van der Waals surface area contributed by atoms with Gasteiger partial charge in [-0.15, -0.1) is 0 Å². The van der Waals surface area contributed by atoms with Crippen molar-refractivity contribution in [3.63, 3.8) is 0 Å². The van der Waals surface area contributed by atoms with Crippen molar-refractivity contribution >= 4 is 7.82 Å². The number of hydrogen-bond acceptors (Lipinski definition) is 17. The van der Waals surface area contributed by atoms with Gasteiger partial charge in [0.15, 0.2) is 18.9 Å². The number of aliphatic hydroxyl groups excluding tert-OH is 7. The van der Waals surface area contributed by atoms with E-state index in [-0.39, 0.29) is 6.61 Å². The Labute approximate surface area is 204 Å². The van der Waals surface area contributed by atoms with E-state index < -0.39 is 107 Å². The summed E-state index contributed by atoms with van der Waals surface area (Å²) in [6, 6.07) is -3.67. The Kier molecular flexibility index (Phi) is 10.2. The molecule has 0 aromatic rings. The van der Waals surface area contributed by atoms with Crippen molar-refractivity contribution in [1.82, 2.24) is 0 Å². The zero-order valence-electron chi connectivity index (χ0n) is 18.8. The van der Waals surface area contributed by atoms with Crippen molar-refractivity contribution in [2.45, 2.75) is 85.8 Å². The van der Waals surface area contributed by atoms with E-state index in [4.69, 9.17) is 45.2 Å². The lowest BCUT2D eigenvalue weighted by atomic mass is 9.97. The highest BCUT2D eigenvalue weighted by Crippen LogP contribution is 2.49. The third kappa shape index (κ3) is 6.57. The molecule has 3 saturated heterocycles. The SMILES string of the molecule is N[C@@H]1[C@@H](O)[C@H](O)[C@@H](CO[C@@H]2O[C@H](CO)[C@@H](OP(=O)(O)O[C@H]3OC[C@H](N)[C@H](O)[C@H]3O)[C@H](O)[C@H]2N)O[C@@H]1O. The summed E-state index contributed by atoms with van der Waals surface area (Å²) in [7, 11) is -5.12. The van der Waals surface area contributed by atoms with E-state index in [0.717, 1.165) is 0 Å². The second-order valence-electron chi connectivity index (χ2n) is 8.74. The normalized spacial score (nSPS) is 50.0. The van der Waals surface area contributed by atoms with Gasteiger partial charge in [0.2, 0.25) is 0 Å². The van der Waals surface area contributed by atoms with Crippen LogP contribution >= 0.6 is 7.82 Å². The first kappa shape index (κ1) is 30.1. The summed E-state index contributed by atoms with van der Waals surface area (Å²) in [6.07, 6.45) is -17.5. The van der Waals surface area contributed by atoms with Gasteiger partial charge in [-0.2, -0.15) is 0 Å². The highest BCUT2D eigenvalue weighted by molar-refractivity contribution is 7.47. The minimum absolute atomic E-state index is 0.305. The lowest BCUT2D eigenvalue weighted by Gasteiger charge is -2.44. The number of ether oxygens (including phenoxy) is 4. The molecule has 1 unspecified atom stereocenters. The number of rotatable bonds is 8. The van der Waals surface area contributed by atoms with E-state index in [9.17, 15) is 45.2 Å². The molecule has 0 amide bonds. The van der Waals surface area contributed by atoms with E-state index in [2.05, 4.69) is 0 Å². The van der Waals surface area contributed by atoms with E-state index in [1.807, 2.05) is 0 Å². The molecule has 3 aliphatic heterocycles. The molecule has 3 heterocycles. The number of aliphatic hydroxyl groups is 7. The van der Waals surface area contributed by atoms with Gasteiger partial charge in [-0.1, -0.05) is 0 Å². The molecule has 0 spiro atoms. The van der Waals surface area contributed by atoms with Crippen LogP contribution in [0.5, 0.6) is 0 Å². The number of phosphoric acid groups is 1. The van der Waals surface area contributed by atoms with Crippen LogP contribution in [0.2, 0.25) is 0 Å². The fourth-order valence-electron chi connectivity index (χ4n) is 3.88. The van der Waals surface area contributed by atoms with Crippen LogP contribution in [0.15, 0.2) is 0 Å². The van der Waals surface area contributed by atoms with Gasteiger partial charge in [-0.3, -0.25) is 9.05 Å². The molecular formula is C17H34N3O15P. The summed E-state index contributed by atoms with van der Waals surface area (Å²) in [5.74, 6) is 0. The standard InChI is InChI=1S/C17H34N3O15P/c18-4-2-30-17(13(26)9(4)22)35-36(28,29)34-14-5(1-21)33-16(8(20)12(14)25)31-3-6-10(23)11(24)7(19)15(27)32-6/h4-17,21-27H,1-3,18-20H2,(H,28,29)/t4-,5+,6+,7+,8+,9-,10+,11+,12+,13+,14+,15-,16+,17+/m0/s1. The van der Waals surface area contributed by atoms with Crippen LogP contribution in [0, 0.1) is 0 Å². The Morgan fingerprint density at radius 2 is 1.47 bits per heavy atom. The summed E-state index contributed by atoms with van der Waals surface area (Å²) >= 11 is 0. The largest absolute Gasteiger partial charge is 0.475 e. The van der Waals surface area contributed by atoms with Gasteiger partial charge in [0.25, 0.3) is 0 Å². The molecule has 0 aliphatic carbocycles. The minimum atomic E-state index is -5.12. The fourth-order valence-corrected chi connectivity index (χ4v) is 4.95. The van der Waals surface area contributed by atoms with E-state index in [1.54, 1.807) is 0 Å². The average Bonchev–Trinajstić information content (AvgIpc) is 2.83. The van der Waals surface area contributed by atoms with Crippen LogP contribution in [0.4, 0.5) is 0 Å². The average molecular weight is 551 g/mol. The second-order valence-corrected chi connectivity index (χ2v) is 10.1. The Morgan fingerprint density at radius 1 is 0.806 bits per heavy atom. The second kappa shape index (κ2) is 12.2. The molecular weight excluding hydrogens is 517 g/mol. The van der Waals surface area contributed by atoms with Crippen molar-refractivity contribution in [3.8, 4) is 0 Å². The molecule has 0 aromatic heterocycles. The molecule has 0 radical (unpaired) electrons. The van der Waals surface area contributed by atoms with Crippen LogP contribution in [0.3, 0.4) is 0 Å². The first-order valence-electron chi connectivity index (χ1n) is 11.0. The van der Waals surface area contributed by atoms with Crippen molar-refractivity contribution in [2.75, 3.05) is 19.8 Å². The van der Waals surface area contributed by atoms with Crippen LogP contribution < -0.4 is 17.2 Å². The maximum Gasteiger partial charge on any atom is 0.475 e. The van der Waals surface area contributed by atoms with E-state index >= 15 is 0 Å². The summed E-state index contributed by atoms with van der Waals surface area (Å²) in [5, 5.41) is 69.7. The van der Waals surface area contributed by atoms with Crippen LogP contribution in [-0.4, -0.2) is 146 Å². The molecule has 19 heteroatoms. The molecule has 3 rings (SSSR count). The van der Waals surface area contributed by atoms with Crippen LogP contribution in [0.1, 0.15) is 0 Å². The highest BCUT2D eigenvalue weighted by Gasteiger charge is 2.50. The Hall–Kier alpha value is -0.450. The third-order valence-electron chi connectivity index (χ3n) is 6.11. The molecule has 14 N–H and O–H groups in total. The van der Waals surface area contributed by atoms with Gasteiger partial charge in [0, 0.05) is 0 Å². The maximum atomic E-state index is 12.5. The predicted molar refractivity (Wildman–Crippen MR) is 112 cm³/mol. The Bertz CT molecular complexity index is 769. The lowest BCUT2D eigenvalue weighted by Crippen LogP contribution is -2.64. The monoisotopic (exact) mass is 551 g/mol. The Morgan fingerprint density at radius 3 is 2.11 bits per heavy atom. The zero-order chi connectivity index (χ0) is 26.9. The summed E-state index contributed by atoms with van der Waals surface area (Å²) in [5.41, 5.74) is 16.9. The topological polar surface area (TPSA) is 312 Å². The molecule has 0 bridgehead atoms. The summed E-state index contributed by atoms with van der Waals surface area (Å²) in [4.78, 5) is 10.1. The molecule has 36 heavy (non-hydrogen) atoms. The van der Waals surface area contributed by atoms with Crippen molar-refractivity contribution in [3.05, 3.63) is 0 Å². The number of phosphoric ester groups is 1. The van der Waals surface area contributed by atoms with Crippen molar-refractivity contribution in [2.24, 2.45) is 17.2 Å². The Balaban J connectivity index is 1.60. The summed E-state index contributed by atoms with van der Waals surface area (Å²) < 4.78 is 43.1. The van der Waals surface area contributed by atoms with Crippen LogP contribution in [0.25, 0.3) is 0 Å². The molecule has 212 valence electrons. The predicted octanol–water partition coefficient (Wildman–Crippen LogP) is -6.92. The number of nitrogens with two attached hydrogens (primary N) is 3. The van der Waals surface area contributed by atoms with Gasteiger partial charge in [-0.25, -0.2) is 4.57 Å². The van der Waals surface area contributed by atoms with Gasteiger partial charge >= 0.3 is 7.82 Å². The van der Waals surface area contributed by atoms with Crippen molar-refractivity contribution < 1.29 is 73.2 Å². The molecule has 3 aliphatic rings. The smallest absolute Gasteiger partial charge is 0.394 e. The van der Waals surface area contributed by atoms with E-state index in [0.29, 0.717) is 0 Å². The molecule has 15 atom stereocenters. The van der Waals surface area contributed by atoms with Crippen molar-refractivity contribution in [1.29, 1.82) is 0 Å². The number of hydrogen-bond donors (Lipinski definition) is 11. The van der Waals surface area contributed by atoms with Gasteiger partial charge < -0.3 is 76.8 Å². The quantitative estimate of drug-likeness (QED) is 0.125. The van der Waals surface area contributed by atoms with Crippen LogP contribution in [-0.2, 0) is 32.6 Å². The lowest BCUT2D eigenvalue weighted by molar-refractivity contribution is -0.293.